The van der Waals surface area contributed by atoms with Gasteiger partial charge in [-0.2, -0.15) is 0 Å². The van der Waals surface area contributed by atoms with Gasteiger partial charge in [0, 0.05) is 0 Å². The van der Waals surface area contributed by atoms with E-state index >= 15 is 0 Å². The zero-order valence-corrected chi connectivity index (χ0v) is 14.7. The molecule has 0 aliphatic rings. The summed E-state index contributed by atoms with van der Waals surface area (Å²) in [6.07, 6.45) is 7.95. The number of aliphatic hydroxyl groups excluding tert-OH is 1. The van der Waals surface area contributed by atoms with E-state index in [1.807, 2.05) is 0 Å². The number of aliphatic hydroxyl groups is 1. The van der Waals surface area contributed by atoms with Gasteiger partial charge in [0.15, 0.2) is 0 Å². The van der Waals surface area contributed by atoms with Crippen molar-refractivity contribution in [3.63, 3.8) is 0 Å². The summed E-state index contributed by atoms with van der Waals surface area (Å²) in [5.41, 5.74) is 0. The topological polar surface area (TPSA) is 20.2 Å². The van der Waals surface area contributed by atoms with E-state index in [1.165, 1.54) is 51.8 Å². The van der Waals surface area contributed by atoms with Gasteiger partial charge in [-0.3, -0.25) is 0 Å². The molecule has 0 fully saturated rings. The molecule has 2 heteroatoms. The van der Waals surface area contributed by atoms with Crippen LogP contribution in [-0.4, -0.2) is 27.6 Å². The van der Waals surface area contributed by atoms with Crippen LogP contribution in [0.3, 0.4) is 0 Å². The Bertz CT molecular complexity index is 135. The van der Waals surface area contributed by atoms with E-state index in [4.69, 9.17) is 0 Å². The van der Waals surface area contributed by atoms with Gasteiger partial charge in [-0.1, -0.05) is 0 Å². The van der Waals surface area contributed by atoms with E-state index in [-0.39, 0.29) is 4.12 Å². The molecule has 0 amide bonds. The van der Waals surface area contributed by atoms with Crippen LogP contribution in [-0.2, 0) is 0 Å². The van der Waals surface area contributed by atoms with Gasteiger partial charge in [0.25, 0.3) is 0 Å². The molecular formula is C14H32OSn. The fourth-order valence-corrected chi connectivity index (χ4v) is 17.4. The predicted molar refractivity (Wildman–Crippen MR) is 76.6 cm³/mol. The summed E-state index contributed by atoms with van der Waals surface area (Å²) in [5, 5.41) is 10.2. The van der Waals surface area contributed by atoms with E-state index in [9.17, 15) is 5.11 Å². The molecule has 0 aromatic carbocycles. The van der Waals surface area contributed by atoms with Crippen molar-refractivity contribution in [2.75, 3.05) is 0 Å². The summed E-state index contributed by atoms with van der Waals surface area (Å²) in [4.78, 5) is 0. The Balaban J connectivity index is 4.46. The van der Waals surface area contributed by atoms with E-state index in [0.717, 1.165) is 0 Å². The molecule has 0 radical (unpaired) electrons. The molecule has 0 heterocycles. The molecule has 0 aromatic heterocycles. The van der Waals surface area contributed by atoms with Crippen molar-refractivity contribution in [2.45, 2.75) is 83.6 Å². The Hall–Kier alpha value is 0.759. The van der Waals surface area contributed by atoms with Gasteiger partial charge in [0.05, 0.1) is 0 Å². The van der Waals surface area contributed by atoms with Crippen molar-refractivity contribution in [3.8, 4) is 0 Å². The van der Waals surface area contributed by atoms with E-state index < -0.39 is 18.4 Å². The second kappa shape index (κ2) is 9.75. The van der Waals surface area contributed by atoms with Gasteiger partial charge in [0.1, 0.15) is 0 Å². The average Bonchev–Trinajstić information content (AvgIpc) is 2.28. The third-order valence-corrected chi connectivity index (χ3v) is 20.6. The van der Waals surface area contributed by atoms with Crippen LogP contribution < -0.4 is 0 Å². The van der Waals surface area contributed by atoms with Crippen LogP contribution in [0.25, 0.3) is 0 Å². The molecule has 0 aliphatic carbocycles. The molecule has 1 nitrogen and oxygen atoms in total. The van der Waals surface area contributed by atoms with E-state index in [1.54, 1.807) is 0 Å². The first-order valence-electron chi connectivity index (χ1n) is 7.31. The van der Waals surface area contributed by atoms with Crippen molar-refractivity contribution in [2.24, 2.45) is 0 Å². The standard InChI is InChI=1S/3C4H9.C2H5O.Sn/c3*1-3-4-2;1-2-3;/h3*1,3-4H2,2H3;2-3H,1H3;. The van der Waals surface area contributed by atoms with Gasteiger partial charge in [-0.15, -0.1) is 0 Å². The summed E-state index contributed by atoms with van der Waals surface area (Å²) in [7, 11) is 0. The minimum absolute atomic E-state index is 0.0685. The zero-order chi connectivity index (χ0) is 12.4. The molecule has 1 unspecified atom stereocenters. The summed E-state index contributed by atoms with van der Waals surface area (Å²) >= 11 is -2.19. The second-order valence-corrected chi connectivity index (χ2v) is 19.8. The predicted octanol–water partition coefficient (Wildman–Crippen LogP) is 4.76. The minimum atomic E-state index is -2.19. The normalized spacial score (nSPS) is 14.1. The molecule has 0 saturated heterocycles. The van der Waals surface area contributed by atoms with Crippen LogP contribution in [0, 0.1) is 0 Å². The molecule has 98 valence electrons. The second-order valence-electron chi connectivity index (χ2n) is 5.35. The van der Waals surface area contributed by atoms with Crippen LogP contribution in [0.2, 0.25) is 13.3 Å². The number of hydrogen-bond donors (Lipinski definition) is 1. The van der Waals surface area contributed by atoms with E-state index in [2.05, 4.69) is 27.7 Å². The molecule has 0 spiro atoms. The molecular weight excluding hydrogens is 303 g/mol. The maximum atomic E-state index is 10.2. The van der Waals surface area contributed by atoms with Gasteiger partial charge in [-0.25, -0.2) is 0 Å². The zero-order valence-electron chi connectivity index (χ0n) is 11.9. The molecule has 16 heavy (non-hydrogen) atoms. The Morgan fingerprint density at radius 2 is 1.12 bits per heavy atom. The molecule has 0 saturated carbocycles. The average molecular weight is 335 g/mol. The number of unbranched alkanes of at least 4 members (excludes halogenated alkanes) is 3. The van der Waals surface area contributed by atoms with Crippen LogP contribution in [0.1, 0.15) is 66.2 Å². The van der Waals surface area contributed by atoms with Gasteiger partial charge in [-0.05, 0) is 0 Å². The van der Waals surface area contributed by atoms with Gasteiger partial charge >= 0.3 is 107 Å². The Kier molecular flexibility index (Phi) is 10.2. The number of rotatable bonds is 10. The summed E-state index contributed by atoms with van der Waals surface area (Å²) in [5.74, 6) is 0. The molecule has 1 atom stereocenters. The van der Waals surface area contributed by atoms with Crippen LogP contribution in [0.15, 0.2) is 0 Å². The van der Waals surface area contributed by atoms with Crippen LogP contribution in [0.4, 0.5) is 0 Å². The monoisotopic (exact) mass is 336 g/mol. The Labute approximate surface area is 107 Å². The third-order valence-electron chi connectivity index (χ3n) is 3.97. The summed E-state index contributed by atoms with van der Waals surface area (Å²) in [6, 6.07) is 0. The number of hydrogen-bond acceptors (Lipinski definition) is 1. The molecule has 0 aliphatic heterocycles. The Morgan fingerprint density at radius 3 is 1.31 bits per heavy atom. The molecule has 0 rings (SSSR count). The van der Waals surface area contributed by atoms with Crippen molar-refractivity contribution in [1.82, 2.24) is 0 Å². The molecule has 0 aromatic rings. The first-order chi connectivity index (χ1) is 7.63. The third kappa shape index (κ3) is 5.90. The SMILES string of the molecule is CCC[CH2][Sn]([CH2]CCC)([CH2]CCC)[CH](C)O. The van der Waals surface area contributed by atoms with Crippen LogP contribution in [0.5, 0.6) is 0 Å². The van der Waals surface area contributed by atoms with Crippen molar-refractivity contribution in [3.05, 3.63) is 0 Å². The van der Waals surface area contributed by atoms with Crippen molar-refractivity contribution in [1.29, 1.82) is 0 Å². The van der Waals surface area contributed by atoms with Gasteiger partial charge in [0.2, 0.25) is 0 Å². The van der Waals surface area contributed by atoms with E-state index in [0.29, 0.717) is 0 Å². The molecule has 0 bridgehead atoms. The molecule has 1 N–H and O–H groups in total. The van der Waals surface area contributed by atoms with Crippen molar-refractivity contribution < 1.29 is 5.11 Å². The maximum absolute atomic E-state index is 10.2. The Morgan fingerprint density at radius 1 is 0.812 bits per heavy atom. The van der Waals surface area contributed by atoms with Crippen molar-refractivity contribution >= 4 is 18.4 Å². The van der Waals surface area contributed by atoms with Gasteiger partial charge < -0.3 is 0 Å². The fraction of sp³-hybridized carbons (Fsp3) is 1.00. The summed E-state index contributed by atoms with van der Waals surface area (Å²) in [6.45, 7) is 8.92. The van der Waals surface area contributed by atoms with Crippen LogP contribution >= 0.6 is 0 Å². The first kappa shape index (κ1) is 16.8. The quantitative estimate of drug-likeness (QED) is 0.571. The fourth-order valence-electron chi connectivity index (χ4n) is 2.59. The summed E-state index contributed by atoms with van der Waals surface area (Å²) < 4.78 is 4.33. The first-order valence-corrected chi connectivity index (χ1v) is 15.0.